The Morgan fingerprint density at radius 1 is 0.828 bits per heavy atom. The molecular weight excluding hydrogens is 426 g/mol. The molecule has 2 heterocycles. The van der Waals surface area contributed by atoms with Crippen LogP contribution >= 0.6 is 11.6 Å². The van der Waals surface area contributed by atoms with Crippen LogP contribution in [0.4, 0.5) is 38.2 Å². The number of hydrogen-bond donors (Lipinski definition) is 2. The number of nitrogens with one attached hydrogen (secondary N) is 2. The van der Waals surface area contributed by atoms with Gasteiger partial charge in [-0.1, -0.05) is 31.5 Å². The molecule has 160 valence electrons. The van der Waals surface area contributed by atoms with Crippen LogP contribution in [0.5, 0.6) is 0 Å². The minimum atomic E-state index is -4.61. The first-order chi connectivity index (χ1) is 13.4. The van der Waals surface area contributed by atoms with Gasteiger partial charge in [0.15, 0.2) is 5.82 Å². The van der Waals surface area contributed by atoms with E-state index < -0.39 is 36.3 Å². The van der Waals surface area contributed by atoms with Gasteiger partial charge >= 0.3 is 12.4 Å². The van der Waals surface area contributed by atoms with E-state index in [9.17, 15) is 26.3 Å². The molecule has 2 atom stereocenters. The number of halogens is 7. The molecule has 0 bridgehead atoms. The molecule has 13 heteroatoms. The first kappa shape index (κ1) is 22.9. The van der Waals surface area contributed by atoms with E-state index in [2.05, 4.69) is 30.6 Å². The van der Waals surface area contributed by atoms with Crippen LogP contribution in [0.15, 0.2) is 18.2 Å². The third kappa shape index (κ3) is 6.31. The molecule has 2 aromatic heterocycles. The number of aromatic nitrogens is 4. The van der Waals surface area contributed by atoms with Crippen LogP contribution in [-0.2, 0) is 0 Å². The summed E-state index contributed by atoms with van der Waals surface area (Å²) < 4.78 is 78.5. The maximum absolute atomic E-state index is 13.1. The van der Waals surface area contributed by atoms with Crippen molar-refractivity contribution in [1.82, 2.24) is 19.9 Å². The Morgan fingerprint density at radius 3 is 1.69 bits per heavy atom. The summed E-state index contributed by atoms with van der Waals surface area (Å²) >= 11 is 5.80. The maximum atomic E-state index is 13.1. The van der Waals surface area contributed by atoms with Crippen molar-refractivity contribution in [2.24, 2.45) is 0 Å². The molecule has 0 aliphatic carbocycles. The van der Waals surface area contributed by atoms with Gasteiger partial charge in [-0.15, -0.1) is 0 Å². The fourth-order valence-corrected chi connectivity index (χ4v) is 2.46. The largest absolute Gasteiger partial charge is 0.408 e. The third-order valence-corrected chi connectivity index (χ3v) is 4.00. The normalized spacial score (nSPS) is 14.4. The van der Waals surface area contributed by atoms with Crippen molar-refractivity contribution in [2.75, 3.05) is 10.6 Å². The van der Waals surface area contributed by atoms with E-state index in [1.165, 1.54) is 32.0 Å². The molecule has 6 nitrogen and oxygen atoms in total. The van der Waals surface area contributed by atoms with Gasteiger partial charge in [-0.3, -0.25) is 0 Å². The van der Waals surface area contributed by atoms with Gasteiger partial charge in [0, 0.05) is 0 Å². The lowest BCUT2D eigenvalue weighted by atomic mass is 10.2. The SMILES string of the molecule is CCC(Nc1nc(NC(CC)C(F)(F)F)nc(-c2cccc(Cl)n2)n1)C(F)(F)F. The van der Waals surface area contributed by atoms with Gasteiger partial charge in [0.2, 0.25) is 11.9 Å². The van der Waals surface area contributed by atoms with Crippen LogP contribution in [-0.4, -0.2) is 44.4 Å². The number of nitrogens with zero attached hydrogens (tertiary/aromatic N) is 4. The predicted molar refractivity (Wildman–Crippen MR) is 95.6 cm³/mol. The van der Waals surface area contributed by atoms with Crippen molar-refractivity contribution in [3.8, 4) is 11.5 Å². The molecule has 0 saturated carbocycles. The van der Waals surface area contributed by atoms with Gasteiger partial charge in [0.1, 0.15) is 22.9 Å². The zero-order valence-electron chi connectivity index (χ0n) is 15.2. The number of alkyl halides is 6. The van der Waals surface area contributed by atoms with Crippen molar-refractivity contribution in [3.63, 3.8) is 0 Å². The van der Waals surface area contributed by atoms with Gasteiger partial charge in [-0.25, -0.2) is 4.98 Å². The molecule has 2 unspecified atom stereocenters. The van der Waals surface area contributed by atoms with Crippen LogP contribution in [0.25, 0.3) is 11.5 Å². The van der Waals surface area contributed by atoms with Crippen molar-refractivity contribution in [3.05, 3.63) is 23.4 Å². The van der Waals surface area contributed by atoms with Crippen molar-refractivity contribution < 1.29 is 26.3 Å². The van der Waals surface area contributed by atoms with Crippen LogP contribution in [0.2, 0.25) is 5.15 Å². The van der Waals surface area contributed by atoms with Crippen molar-refractivity contribution in [1.29, 1.82) is 0 Å². The lowest BCUT2D eigenvalue weighted by Crippen LogP contribution is -2.37. The molecule has 0 spiro atoms. The molecular formula is C16H17ClF6N6. The second-order valence-corrected chi connectivity index (χ2v) is 6.33. The Bertz CT molecular complexity index is 786. The van der Waals surface area contributed by atoms with Gasteiger partial charge in [-0.2, -0.15) is 41.3 Å². The lowest BCUT2D eigenvalue weighted by molar-refractivity contribution is -0.143. The topological polar surface area (TPSA) is 75.6 Å². The van der Waals surface area contributed by atoms with Crippen molar-refractivity contribution >= 4 is 23.5 Å². The minimum absolute atomic E-state index is 0.0513. The number of anilines is 2. The highest BCUT2D eigenvalue weighted by Crippen LogP contribution is 2.28. The Morgan fingerprint density at radius 2 is 1.31 bits per heavy atom. The molecule has 0 saturated heterocycles. The molecule has 2 N–H and O–H groups in total. The molecule has 0 aromatic carbocycles. The fourth-order valence-electron chi connectivity index (χ4n) is 2.29. The molecule has 29 heavy (non-hydrogen) atoms. The van der Waals surface area contributed by atoms with Gasteiger partial charge in [0.25, 0.3) is 0 Å². The predicted octanol–water partition coefficient (Wildman–Crippen LogP) is 5.09. The third-order valence-electron chi connectivity index (χ3n) is 3.79. The first-order valence-corrected chi connectivity index (χ1v) is 8.87. The standard InChI is InChI=1S/C16H17ClF6N6/c1-3-9(15(18,19)20)25-13-27-12(8-6-5-7-11(17)24-8)28-14(29-13)26-10(4-2)16(21,22)23/h5-7,9-10H,3-4H2,1-2H3,(H2,25,26,27,28,29). The van der Waals surface area contributed by atoms with E-state index in [0.717, 1.165) is 0 Å². The van der Waals surface area contributed by atoms with Crippen LogP contribution in [0.3, 0.4) is 0 Å². The Hall–Kier alpha value is -2.37. The zero-order valence-corrected chi connectivity index (χ0v) is 16.0. The summed E-state index contributed by atoms with van der Waals surface area (Å²) in [5, 5.41) is 4.24. The fraction of sp³-hybridized carbons (Fsp3) is 0.500. The summed E-state index contributed by atoms with van der Waals surface area (Å²) in [4.78, 5) is 15.3. The smallest absolute Gasteiger partial charge is 0.342 e. The molecule has 0 fully saturated rings. The van der Waals surface area contributed by atoms with E-state index in [0.29, 0.717) is 0 Å². The molecule has 0 amide bonds. The summed E-state index contributed by atoms with van der Waals surface area (Å²) in [5.41, 5.74) is 0.0612. The van der Waals surface area contributed by atoms with Crippen LogP contribution in [0, 0.1) is 0 Å². The van der Waals surface area contributed by atoms with Crippen LogP contribution < -0.4 is 10.6 Å². The lowest BCUT2D eigenvalue weighted by Gasteiger charge is -2.22. The summed E-state index contributed by atoms with van der Waals surface area (Å²) in [5.74, 6) is -1.32. The highest BCUT2D eigenvalue weighted by Gasteiger charge is 2.40. The number of rotatable bonds is 7. The molecule has 0 aliphatic heterocycles. The zero-order chi connectivity index (χ0) is 21.8. The van der Waals surface area contributed by atoms with Gasteiger partial charge in [0.05, 0.1) is 0 Å². The second kappa shape index (κ2) is 8.97. The van der Waals surface area contributed by atoms with Crippen LogP contribution in [0.1, 0.15) is 26.7 Å². The summed E-state index contributed by atoms with van der Waals surface area (Å²) in [7, 11) is 0. The Kier molecular flexibility index (Phi) is 7.09. The highest BCUT2D eigenvalue weighted by atomic mass is 35.5. The molecule has 0 aliphatic rings. The minimum Gasteiger partial charge on any atom is -0.342 e. The number of hydrogen-bond acceptors (Lipinski definition) is 6. The second-order valence-electron chi connectivity index (χ2n) is 5.95. The molecule has 2 aromatic rings. The molecule has 2 rings (SSSR count). The Balaban J connectivity index is 2.48. The monoisotopic (exact) mass is 442 g/mol. The van der Waals surface area contributed by atoms with E-state index in [4.69, 9.17) is 11.6 Å². The maximum Gasteiger partial charge on any atom is 0.408 e. The van der Waals surface area contributed by atoms with E-state index in [1.54, 1.807) is 0 Å². The average Bonchev–Trinajstić information content (AvgIpc) is 2.62. The van der Waals surface area contributed by atoms with E-state index in [-0.39, 0.29) is 29.5 Å². The Labute approximate surface area is 167 Å². The van der Waals surface area contributed by atoms with Crippen molar-refractivity contribution in [2.45, 2.75) is 51.1 Å². The summed E-state index contributed by atoms with van der Waals surface area (Å²) in [6.07, 6.45) is -9.91. The number of pyridine rings is 1. The molecule has 0 radical (unpaired) electrons. The van der Waals surface area contributed by atoms with Gasteiger partial charge < -0.3 is 10.6 Å². The highest BCUT2D eigenvalue weighted by molar-refractivity contribution is 6.29. The van der Waals surface area contributed by atoms with Gasteiger partial charge in [-0.05, 0) is 25.0 Å². The van der Waals surface area contributed by atoms with E-state index >= 15 is 0 Å². The summed E-state index contributed by atoms with van der Waals surface area (Å²) in [6.45, 7) is 2.59. The quantitative estimate of drug-likeness (QED) is 0.459. The first-order valence-electron chi connectivity index (χ1n) is 8.49. The van der Waals surface area contributed by atoms with E-state index in [1.807, 2.05) is 0 Å². The average molecular weight is 443 g/mol. The summed E-state index contributed by atoms with van der Waals surface area (Å²) in [6, 6.07) is 0.351.